The van der Waals surface area contributed by atoms with Gasteiger partial charge in [0.25, 0.3) is 0 Å². The van der Waals surface area contributed by atoms with Gasteiger partial charge in [-0.05, 0) is 42.7 Å². The van der Waals surface area contributed by atoms with Gasteiger partial charge in [0.2, 0.25) is 0 Å². The summed E-state index contributed by atoms with van der Waals surface area (Å²) in [4.78, 5) is 0. The first-order valence-electron chi connectivity index (χ1n) is 7.91. The van der Waals surface area contributed by atoms with Gasteiger partial charge in [-0.3, -0.25) is 0 Å². The normalized spacial score (nSPS) is 13.6. The van der Waals surface area contributed by atoms with E-state index in [1.807, 2.05) is 62.4 Å². The predicted molar refractivity (Wildman–Crippen MR) is 91.5 cm³/mol. The lowest BCUT2D eigenvalue weighted by molar-refractivity contribution is 0.132. The fourth-order valence-electron chi connectivity index (χ4n) is 2.45. The van der Waals surface area contributed by atoms with Crippen LogP contribution in [0.3, 0.4) is 0 Å². The number of rotatable bonds is 8. The monoisotopic (exact) mass is 315 g/mol. The van der Waals surface area contributed by atoms with Crippen molar-refractivity contribution in [1.29, 1.82) is 0 Å². The number of benzene rings is 2. The van der Waals surface area contributed by atoms with E-state index in [1.165, 1.54) is 0 Å². The summed E-state index contributed by atoms with van der Waals surface area (Å²) in [6, 6.07) is 15.6. The lowest BCUT2D eigenvalue weighted by atomic mass is 10.0. The van der Waals surface area contributed by atoms with Crippen molar-refractivity contribution in [2.24, 2.45) is 0 Å². The molecule has 0 saturated heterocycles. The van der Waals surface area contributed by atoms with E-state index in [1.54, 1.807) is 0 Å². The SMILES string of the molecule is Cc1cc(C(O)C(C)NCCO)ccc1OCc1ccccc1. The number of ether oxygens (including phenoxy) is 1. The Balaban J connectivity index is 1.99. The lowest BCUT2D eigenvalue weighted by Gasteiger charge is -2.21. The van der Waals surface area contributed by atoms with E-state index < -0.39 is 6.10 Å². The Kier molecular flexibility index (Phi) is 6.59. The summed E-state index contributed by atoms with van der Waals surface area (Å²) < 4.78 is 5.85. The van der Waals surface area contributed by atoms with Gasteiger partial charge in [0, 0.05) is 12.6 Å². The molecule has 4 nitrogen and oxygen atoms in total. The molecule has 0 heterocycles. The van der Waals surface area contributed by atoms with Crippen LogP contribution < -0.4 is 10.1 Å². The van der Waals surface area contributed by atoms with Gasteiger partial charge in [-0.25, -0.2) is 0 Å². The zero-order valence-corrected chi connectivity index (χ0v) is 13.7. The van der Waals surface area contributed by atoms with Gasteiger partial charge in [0.1, 0.15) is 12.4 Å². The van der Waals surface area contributed by atoms with Crippen molar-refractivity contribution < 1.29 is 14.9 Å². The molecular formula is C19H25NO3. The van der Waals surface area contributed by atoms with Gasteiger partial charge < -0.3 is 20.3 Å². The van der Waals surface area contributed by atoms with Crippen LogP contribution in [0, 0.1) is 6.92 Å². The van der Waals surface area contributed by atoms with E-state index in [0.717, 1.165) is 22.4 Å². The van der Waals surface area contributed by atoms with Crippen molar-refractivity contribution in [3.05, 3.63) is 65.2 Å². The predicted octanol–water partition coefficient (Wildman–Crippen LogP) is 2.58. The van der Waals surface area contributed by atoms with Crippen molar-refractivity contribution in [2.45, 2.75) is 32.6 Å². The molecule has 124 valence electrons. The molecule has 2 rings (SSSR count). The standard InChI is InChI=1S/C19H25NO3/c1-14-12-17(19(22)15(2)20-10-11-21)8-9-18(14)23-13-16-6-4-3-5-7-16/h3-9,12,15,19-22H,10-11,13H2,1-2H3. The maximum atomic E-state index is 10.4. The Bertz CT molecular complexity index is 601. The van der Waals surface area contributed by atoms with Gasteiger partial charge in [-0.1, -0.05) is 36.4 Å². The molecule has 2 atom stereocenters. The van der Waals surface area contributed by atoms with E-state index in [2.05, 4.69) is 5.32 Å². The molecule has 2 unspecified atom stereocenters. The van der Waals surface area contributed by atoms with Crippen LogP contribution in [0.15, 0.2) is 48.5 Å². The van der Waals surface area contributed by atoms with Gasteiger partial charge >= 0.3 is 0 Å². The smallest absolute Gasteiger partial charge is 0.122 e. The first kappa shape index (κ1) is 17.5. The van der Waals surface area contributed by atoms with Gasteiger partial charge in [0.05, 0.1) is 12.7 Å². The van der Waals surface area contributed by atoms with Crippen molar-refractivity contribution in [3.63, 3.8) is 0 Å². The molecule has 3 N–H and O–H groups in total. The van der Waals surface area contributed by atoms with Crippen molar-refractivity contribution in [3.8, 4) is 5.75 Å². The molecule has 0 aliphatic rings. The van der Waals surface area contributed by atoms with Gasteiger partial charge in [-0.15, -0.1) is 0 Å². The molecule has 0 aliphatic carbocycles. The number of aliphatic hydroxyl groups excluding tert-OH is 2. The van der Waals surface area contributed by atoms with Crippen LogP contribution >= 0.6 is 0 Å². The van der Waals surface area contributed by atoms with Crippen LogP contribution in [0.25, 0.3) is 0 Å². The molecule has 0 aromatic heterocycles. The highest BCUT2D eigenvalue weighted by Crippen LogP contribution is 2.25. The third kappa shape index (κ3) is 5.06. The highest BCUT2D eigenvalue weighted by atomic mass is 16.5. The molecule has 4 heteroatoms. The molecule has 0 aliphatic heterocycles. The molecule has 2 aromatic rings. The zero-order valence-electron chi connectivity index (χ0n) is 13.7. The van der Waals surface area contributed by atoms with Crippen molar-refractivity contribution in [1.82, 2.24) is 5.32 Å². The fourth-order valence-corrected chi connectivity index (χ4v) is 2.45. The highest BCUT2D eigenvalue weighted by Gasteiger charge is 2.16. The molecule has 0 radical (unpaired) electrons. The van der Waals surface area contributed by atoms with Gasteiger partial charge in [-0.2, -0.15) is 0 Å². The summed E-state index contributed by atoms with van der Waals surface area (Å²) in [6.07, 6.45) is -0.622. The minimum atomic E-state index is -0.622. The molecule has 23 heavy (non-hydrogen) atoms. The van der Waals surface area contributed by atoms with Crippen molar-refractivity contribution in [2.75, 3.05) is 13.2 Å². The summed E-state index contributed by atoms with van der Waals surface area (Å²) in [5, 5.41) is 22.3. The van der Waals surface area contributed by atoms with E-state index >= 15 is 0 Å². The van der Waals surface area contributed by atoms with Crippen LogP contribution in [-0.4, -0.2) is 29.4 Å². The Labute approximate surface area is 137 Å². The second-order valence-electron chi connectivity index (χ2n) is 5.71. The number of hydrogen-bond donors (Lipinski definition) is 3. The van der Waals surface area contributed by atoms with Crippen LogP contribution in [-0.2, 0) is 6.61 Å². The van der Waals surface area contributed by atoms with Crippen molar-refractivity contribution >= 4 is 0 Å². The van der Waals surface area contributed by atoms with Crippen LogP contribution in [0.2, 0.25) is 0 Å². The van der Waals surface area contributed by atoms with E-state index in [-0.39, 0.29) is 12.6 Å². The topological polar surface area (TPSA) is 61.7 Å². The zero-order chi connectivity index (χ0) is 16.7. The second-order valence-corrected chi connectivity index (χ2v) is 5.71. The summed E-state index contributed by atoms with van der Waals surface area (Å²) in [7, 11) is 0. The largest absolute Gasteiger partial charge is 0.489 e. The highest BCUT2D eigenvalue weighted by molar-refractivity contribution is 5.37. The first-order valence-corrected chi connectivity index (χ1v) is 7.91. The van der Waals surface area contributed by atoms with E-state index in [4.69, 9.17) is 9.84 Å². The molecule has 0 bridgehead atoms. The number of aliphatic hydroxyl groups is 2. The molecule has 0 saturated carbocycles. The summed E-state index contributed by atoms with van der Waals surface area (Å²) in [6.45, 7) is 4.92. The summed E-state index contributed by atoms with van der Waals surface area (Å²) in [5.74, 6) is 0.820. The van der Waals surface area contributed by atoms with E-state index in [9.17, 15) is 5.11 Å². The Hall–Kier alpha value is -1.88. The third-order valence-electron chi connectivity index (χ3n) is 3.83. The molecule has 0 spiro atoms. The Morgan fingerprint density at radius 1 is 1.13 bits per heavy atom. The Morgan fingerprint density at radius 3 is 2.52 bits per heavy atom. The number of nitrogens with one attached hydrogen (secondary N) is 1. The summed E-state index contributed by atoms with van der Waals surface area (Å²) >= 11 is 0. The van der Waals surface area contributed by atoms with Crippen LogP contribution in [0.5, 0.6) is 5.75 Å². The quantitative estimate of drug-likeness (QED) is 0.701. The lowest BCUT2D eigenvalue weighted by Crippen LogP contribution is -2.34. The fraction of sp³-hybridized carbons (Fsp3) is 0.368. The van der Waals surface area contributed by atoms with Gasteiger partial charge in [0.15, 0.2) is 0 Å². The van der Waals surface area contributed by atoms with E-state index in [0.29, 0.717) is 13.2 Å². The maximum Gasteiger partial charge on any atom is 0.122 e. The third-order valence-corrected chi connectivity index (χ3v) is 3.83. The molecule has 0 amide bonds. The second kappa shape index (κ2) is 8.67. The molecule has 2 aromatic carbocycles. The molecular weight excluding hydrogens is 290 g/mol. The average Bonchev–Trinajstić information content (AvgIpc) is 2.58. The minimum absolute atomic E-state index is 0.0579. The maximum absolute atomic E-state index is 10.4. The first-order chi connectivity index (χ1) is 11.1. The van der Waals surface area contributed by atoms with Crippen LogP contribution in [0.1, 0.15) is 29.7 Å². The number of aryl methyl sites for hydroxylation is 1. The minimum Gasteiger partial charge on any atom is -0.489 e. The average molecular weight is 315 g/mol. The Morgan fingerprint density at radius 2 is 1.87 bits per heavy atom. The number of hydrogen-bond acceptors (Lipinski definition) is 4. The molecule has 0 fully saturated rings. The summed E-state index contributed by atoms with van der Waals surface area (Å²) in [5.41, 5.74) is 2.96. The van der Waals surface area contributed by atoms with Crippen LogP contribution in [0.4, 0.5) is 0 Å².